The monoisotopic (exact) mass is 375 g/mol. The summed E-state index contributed by atoms with van der Waals surface area (Å²) in [7, 11) is -3.25. The molecule has 0 aliphatic carbocycles. The van der Waals surface area contributed by atoms with Crippen LogP contribution in [0.3, 0.4) is 0 Å². The molecule has 2 rings (SSSR count). The lowest BCUT2D eigenvalue weighted by Gasteiger charge is -2.14. The summed E-state index contributed by atoms with van der Waals surface area (Å²) in [5.41, 5.74) is 6.30. The van der Waals surface area contributed by atoms with Crippen molar-refractivity contribution >= 4 is 44.3 Å². The highest BCUT2D eigenvalue weighted by Gasteiger charge is 2.24. The van der Waals surface area contributed by atoms with Gasteiger partial charge in [0.15, 0.2) is 5.75 Å². The zero-order valence-corrected chi connectivity index (χ0v) is 14.1. The lowest BCUT2D eigenvalue weighted by Crippen LogP contribution is -2.03. The van der Waals surface area contributed by atoms with Crippen LogP contribution in [-0.4, -0.2) is 30.4 Å². The number of rotatable bonds is 5. The highest BCUT2D eigenvalue weighted by atomic mass is 32.2. The van der Waals surface area contributed by atoms with Crippen LogP contribution in [-0.2, 0) is 19.5 Å². The van der Waals surface area contributed by atoms with Crippen LogP contribution in [0.4, 0.5) is 11.4 Å². The minimum atomic E-state index is -4.60. The zero-order chi connectivity index (χ0) is 18.1. The Labute approximate surface area is 140 Å². The maximum Gasteiger partial charge on any atom is 0.295 e. The smallest absolute Gasteiger partial charge is 0.295 e. The minimum Gasteiger partial charge on any atom is -0.505 e. The third-order valence-electron chi connectivity index (χ3n) is 3.18. The molecular weight excluding hydrogens is 362 g/mol. The summed E-state index contributed by atoms with van der Waals surface area (Å²) in [5.74, 6) is -0.465. The summed E-state index contributed by atoms with van der Waals surface area (Å²) < 4.78 is 37.0. The quantitative estimate of drug-likeness (QED) is 0.153. The Morgan fingerprint density at radius 1 is 1.33 bits per heavy atom. The maximum atomic E-state index is 11.6. The second-order valence-electron chi connectivity index (χ2n) is 4.60. The van der Waals surface area contributed by atoms with E-state index in [1.807, 2.05) is 0 Å². The lowest BCUT2D eigenvalue weighted by molar-refractivity contribution is -0.432. The van der Waals surface area contributed by atoms with Crippen molar-refractivity contribution in [1.29, 1.82) is 0 Å². The zero-order valence-electron chi connectivity index (χ0n) is 12.4. The van der Waals surface area contributed by atoms with E-state index < -0.39 is 20.8 Å². The molecule has 0 saturated carbocycles. The molecule has 0 bridgehead atoms. The molecule has 0 aliphatic rings. The predicted octanol–water partition coefficient (Wildman–Crippen LogP) is 2.82. The number of nitrogen functional groups attached to an aromatic ring is 1. The van der Waals surface area contributed by atoms with Gasteiger partial charge >= 0.3 is 0 Å². The van der Waals surface area contributed by atoms with Crippen molar-refractivity contribution < 1.29 is 32.7 Å². The van der Waals surface area contributed by atoms with E-state index in [2.05, 4.69) is 19.6 Å². The number of aryl methyl sites for hydroxylation is 1. The molecule has 5 N–H and O–H groups in total. The van der Waals surface area contributed by atoms with Gasteiger partial charge in [-0.1, -0.05) is 5.04 Å². The molecule has 0 saturated heterocycles. The fourth-order valence-electron chi connectivity index (χ4n) is 2.18. The number of nitrogens with zero attached hydrogens (tertiary/aromatic N) is 2. The number of anilines is 1. The number of fused-ring (bicyclic) bond motifs is 1. The summed E-state index contributed by atoms with van der Waals surface area (Å²) in [6.07, 6.45) is 0. The van der Waals surface area contributed by atoms with Crippen molar-refractivity contribution in [2.45, 2.75) is 16.7 Å². The highest BCUT2D eigenvalue weighted by Crippen LogP contribution is 2.47. The molecule has 12 heteroatoms. The Morgan fingerprint density at radius 3 is 2.54 bits per heavy atom. The normalized spacial score (nSPS) is 12.3. The molecule has 0 amide bonds. The van der Waals surface area contributed by atoms with E-state index in [1.165, 1.54) is 26.1 Å². The maximum absolute atomic E-state index is 11.6. The Morgan fingerprint density at radius 2 is 2.00 bits per heavy atom. The topological polar surface area (TPSA) is 164 Å². The van der Waals surface area contributed by atoms with Gasteiger partial charge in [0.1, 0.15) is 10.6 Å². The van der Waals surface area contributed by atoms with Crippen molar-refractivity contribution in [3.63, 3.8) is 0 Å². The molecule has 0 spiro atoms. The molecule has 0 fully saturated rings. The van der Waals surface area contributed by atoms with Gasteiger partial charge < -0.3 is 10.8 Å². The molecule has 0 unspecified atom stereocenters. The van der Waals surface area contributed by atoms with E-state index in [4.69, 9.17) is 11.0 Å². The van der Waals surface area contributed by atoms with Gasteiger partial charge in [0, 0.05) is 18.1 Å². The average molecular weight is 375 g/mol. The van der Waals surface area contributed by atoms with Crippen LogP contribution in [0, 0.1) is 6.92 Å². The van der Waals surface area contributed by atoms with Gasteiger partial charge in [0.2, 0.25) is 0 Å². The second kappa shape index (κ2) is 6.88. The molecule has 0 radical (unpaired) electrons. The molecule has 2 aromatic rings. The number of nitrogens with two attached hydrogens (primary N) is 1. The lowest BCUT2D eigenvalue weighted by atomic mass is 10.0. The molecule has 0 heterocycles. The van der Waals surface area contributed by atoms with E-state index in [0.29, 0.717) is 17.6 Å². The van der Waals surface area contributed by atoms with Gasteiger partial charge in [0.25, 0.3) is 10.1 Å². The van der Waals surface area contributed by atoms with Crippen molar-refractivity contribution in [3.05, 3.63) is 17.7 Å². The Bertz CT molecular complexity index is 928. The highest BCUT2D eigenvalue weighted by molar-refractivity contribution is 7.94. The fraction of sp³-hybridized carbons (Fsp3) is 0.167. The van der Waals surface area contributed by atoms with E-state index in [0.717, 1.165) is 0 Å². The molecule has 0 aliphatic heterocycles. The Hall–Kier alpha value is -1.96. The van der Waals surface area contributed by atoms with Gasteiger partial charge in [-0.2, -0.15) is 18.6 Å². The molecule has 0 atom stereocenters. The number of phenolic OH excluding ortho intramolecular Hbond substituents is 1. The molecule has 0 aromatic heterocycles. The van der Waals surface area contributed by atoms with E-state index in [9.17, 15) is 18.1 Å². The Balaban J connectivity index is 3.00. The number of aromatic hydroxyl groups is 1. The molecule has 2 aromatic carbocycles. The van der Waals surface area contributed by atoms with E-state index in [-0.39, 0.29) is 27.0 Å². The third kappa shape index (κ3) is 3.28. The first-order valence-electron chi connectivity index (χ1n) is 6.23. The fourth-order valence-corrected chi connectivity index (χ4v) is 3.43. The molecular formula is C12H13N3O7S2. The van der Waals surface area contributed by atoms with Crippen LogP contribution in [0.25, 0.3) is 10.8 Å². The van der Waals surface area contributed by atoms with Gasteiger partial charge in [-0.15, -0.1) is 4.33 Å². The summed E-state index contributed by atoms with van der Waals surface area (Å²) in [5, 5.41) is 29.5. The summed E-state index contributed by atoms with van der Waals surface area (Å²) in [4.78, 5) is -0.390. The standard InChI is InChI=1S/C12H13N3O7S2/c1-5-3-8(24(18,19)20)6-4-7(23-22-21-17)11(15-14-2)12(16)9(6)10(5)13/h3-4,16-17H,13H2,1-2H3,(H,18,19,20). The number of hydrogen-bond acceptors (Lipinski definition) is 10. The number of benzene rings is 2. The summed E-state index contributed by atoms with van der Waals surface area (Å²) >= 11 is 0.442. The summed E-state index contributed by atoms with van der Waals surface area (Å²) in [6.45, 7) is 1.52. The minimum absolute atomic E-state index is 0.0145. The van der Waals surface area contributed by atoms with Gasteiger partial charge in [-0.25, -0.2) is 5.26 Å². The van der Waals surface area contributed by atoms with Crippen LogP contribution in [0.1, 0.15) is 5.56 Å². The van der Waals surface area contributed by atoms with Gasteiger partial charge in [0.05, 0.1) is 22.3 Å². The van der Waals surface area contributed by atoms with Crippen LogP contribution >= 0.6 is 12.0 Å². The largest absolute Gasteiger partial charge is 0.505 e. The first kappa shape index (κ1) is 18.4. The first-order chi connectivity index (χ1) is 11.2. The van der Waals surface area contributed by atoms with Crippen LogP contribution < -0.4 is 5.73 Å². The molecule has 10 nitrogen and oxygen atoms in total. The SMILES string of the molecule is CN=Nc1c(SOOO)cc2c(S(=O)(=O)O)cc(C)c(N)c2c1O. The van der Waals surface area contributed by atoms with Crippen LogP contribution in [0.5, 0.6) is 5.75 Å². The second-order valence-corrected chi connectivity index (χ2v) is 6.73. The van der Waals surface area contributed by atoms with E-state index >= 15 is 0 Å². The first-order valence-corrected chi connectivity index (χ1v) is 8.41. The summed E-state index contributed by atoms with van der Waals surface area (Å²) in [6, 6.07) is 2.42. The number of azo groups is 1. The third-order valence-corrected chi connectivity index (χ3v) is 4.69. The van der Waals surface area contributed by atoms with Crippen molar-refractivity contribution in [2.75, 3.05) is 12.8 Å². The van der Waals surface area contributed by atoms with Crippen LogP contribution in [0.2, 0.25) is 0 Å². The Kier molecular flexibility index (Phi) is 5.27. The predicted molar refractivity (Wildman–Crippen MR) is 85.7 cm³/mol. The average Bonchev–Trinajstić information content (AvgIpc) is 2.50. The molecule has 24 heavy (non-hydrogen) atoms. The van der Waals surface area contributed by atoms with Gasteiger partial charge in [-0.05, 0) is 24.6 Å². The van der Waals surface area contributed by atoms with E-state index in [1.54, 1.807) is 0 Å². The van der Waals surface area contributed by atoms with Crippen molar-refractivity contribution in [2.24, 2.45) is 10.2 Å². The van der Waals surface area contributed by atoms with Crippen molar-refractivity contribution in [3.8, 4) is 5.75 Å². The number of phenols is 1. The molecule has 130 valence electrons. The number of hydrogen-bond donors (Lipinski definition) is 4. The van der Waals surface area contributed by atoms with Gasteiger partial charge in [-0.3, -0.25) is 4.55 Å². The van der Waals surface area contributed by atoms with Crippen LogP contribution in [0.15, 0.2) is 32.2 Å². The van der Waals surface area contributed by atoms with Crippen molar-refractivity contribution in [1.82, 2.24) is 0 Å².